The number of rotatable bonds is 6. The first-order valence-corrected chi connectivity index (χ1v) is 6.17. The third-order valence-electron chi connectivity index (χ3n) is 3.03. The zero-order valence-corrected chi connectivity index (χ0v) is 11.1. The maximum atomic E-state index is 11.8. The van der Waals surface area contributed by atoms with Gasteiger partial charge in [-0.05, 0) is 31.4 Å². The highest BCUT2D eigenvalue weighted by Gasteiger charge is 2.16. The van der Waals surface area contributed by atoms with E-state index in [1.165, 1.54) is 4.57 Å². The lowest BCUT2D eigenvalue weighted by molar-refractivity contribution is -0.122. The van der Waals surface area contributed by atoms with Crippen LogP contribution in [0.25, 0.3) is 0 Å². The monoisotopic (exact) mass is 252 g/mol. The molecule has 0 aliphatic heterocycles. The molecule has 1 amide bonds. The van der Waals surface area contributed by atoms with E-state index in [1.807, 2.05) is 13.8 Å². The number of hydrogen-bond acceptors (Lipinski definition) is 2. The first-order valence-electron chi connectivity index (χ1n) is 6.17. The molecule has 0 atom stereocenters. The Bertz CT molecular complexity index is 433. The number of amides is 1. The van der Waals surface area contributed by atoms with E-state index in [0.717, 1.165) is 12.8 Å². The second-order valence-electron chi connectivity index (χ2n) is 4.36. The number of aryl methyl sites for hydroxylation is 1. The zero-order chi connectivity index (χ0) is 13.7. The molecule has 1 rings (SSSR count). The van der Waals surface area contributed by atoms with E-state index in [-0.39, 0.29) is 24.2 Å². The van der Waals surface area contributed by atoms with Crippen LogP contribution in [-0.4, -0.2) is 27.6 Å². The molecule has 1 aromatic rings. The average Bonchev–Trinajstić information content (AvgIpc) is 2.67. The predicted molar refractivity (Wildman–Crippen MR) is 68.6 cm³/mol. The van der Waals surface area contributed by atoms with Gasteiger partial charge < -0.3 is 15.0 Å². The number of carboxylic acid groups (broad SMARTS) is 1. The number of aromatic carboxylic acids is 1. The fourth-order valence-electron chi connectivity index (χ4n) is 1.93. The van der Waals surface area contributed by atoms with Gasteiger partial charge >= 0.3 is 5.97 Å². The van der Waals surface area contributed by atoms with Crippen LogP contribution in [0.3, 0.4) is 0 Å². The molecule has 0 fully saturated rings. The normalized spacial score (nSPS) is 10.7. The summed E-state index contributed by atoms with van der Waals surface area (Å²) in [5.74, 6) is -1.16. The number of carboxylic acids is 1. The van der Waals surface area contributed by atoms with Crippen molar-refractivity contribution >= 4 is 11.9 Å². The van der Waals surface area contributed by atoms with E-state index in [1.54, 1.807) is 19.2 Å². The summed E-state index contributed by atoms with van der Waals surface area (Å²) in [5, 5.41) is 12.0. The number of nitrogens with one attached hydrogen (secondary N) is 1. The fourth-order valence-corrected chi connectivity index (χ4v) is 1.93. The van der Waals surface area contributed by atoms with E-state index in [4.69, 9.17) is 5.11 Å². The molecule has 5 heteroatoms. The molecule has 1 heterocycles. The van der Waals surface area contributed by atoms with Crippen LogP contribution >= 0.6 is 0 Å². The van der Waals surface area contributed by atoms with Gasteiger partial charge in [-0.2, -0.15) is 0 Å². The molecule has 0 saturated carbocycles. The topological polar surface area (TPSA) is 71.3 Å². The highest BCUT2D eigenvalue weighted by molar-refractivity contribution is 5.88. The Morgan fingerprint density at radius 1 is 1.39 bits per heavy atom. The number of carbonyl (C=O) groups excluding carboxylic acids is 1. The summed E-state index contributed by atoms with van der Waals surface area (Å²) in [7, 11) is 0. The van der Waals surface area contributed by atoms with Crippen LogP contribution < -0.4 is 5.32 Å². The highest BCUT2D eigenvalue weighted by atomic mass is 16.4. The van der Waals surface area contributed by atoms with Crippen LogP contribution in [0.1, 0.15) is 42.7 Å². The molecule has 1 aromatic heterocycles. The minimum atomic E-state index is -1.01. The third-order valence-corrected chi connectivity index (χ3v) is 3.03. The Kier molecular flexibility index (Phi) is 4.95. The largest absolute Gasteiger partial charge is 0.477 e. The molecule has 0 bridgehead atoms. The molecule has 0 unspecified atom stereocenters. The van der Waals surface area contributed by atoms with Crippen molar-refractivity contribution in [3.8, 4) is 0 Å². The average molecular weight is 252 g/mol. The lowest BCUT2D eigenvalue weighted by Gasteiger charge is -2.15. The van der Waals surface area contributed by atoms with Gasteiger partial charge in [-0.3, -0.25) is 4.79 Å². The number of hydrogen-bond donors (Lipinski definition) is 2. The molecule has 5 nitrogen and oxygen atoms in total. The lowest BCUT2D eigenvalue weighted by atomic mass is 10.2. The minimum absolute atomic E-state index is 0.0476. The van der Waals surface area contributed by atoms with E-state index in [0.29, 0.717) is 5.56 Å². The SMILES string of the molecule is CCC(CC)NC(=O)Cn1ccc(C)c1C(=O)O. The molecule has 0 spiro atoms. The van der Waals surface area contributed by atoms with Crippen molar-refractivity contribution in [1.29, 1.82) is 0 Å². The number of carbonyl (C=O) groups is 2. The summed E-state index contributed by atoms with van der Waals surface area (Å²) in [5.41, 5.74) is 0.840. The molecule has 18 heavy (non-hydrogen) atoms. The first-order chi connectivity index (χ1) is 8.49. The second-order valence-corrected chi connectivity index (χ2v) is 4.36. The predicted octanol–water partition coefficient (Wildman–Crippen LogP) is 1.80. The zero-order valence-electron chi connectivity index (χ0n) is 11.1. The molecular weight excluding hydrogens is 232 g/mol. The molecule has 2 N–H and O–H groups in total. The maximum Gasteiger partial charge on any atom is 0.352 e. The van der Waals surface area contributed by atoms with Crippen LogP contribution in [-0.2, 0) is 11.3 Å². The van der Waals surface area contributed by atoms with Crippen molar-refractivity contribution in [3.63, 3.8) is 0 Å². The van der Waals surface area contributed by atoms with Crippen molar-refractivity contribution < 1.29 is 14.7 Å². The Morgan fingerprint density at radius 3 is 2.50 bits per heavy atom. The summed E-state index contributed by atoms with van der Waals surface area (Å²) >= 11 is 0. The van der Waals surface area contributed by atoms with Gasteiger partial charge in [-0.25, -0.2) is 4.79 Å². The van der Waals surface area contributed by atoms with Gasteiger partial charge in [0.25, 0.3) is 0 Å². The van der Waals surface area contributed by atoms with Crippen LogP contribution in [0.2, 0.25) is 0 Å². The summed E-state index contributed by atoms with van der Waals surface area (Å²) in [4.78, 5) is 22.9. The first kappa shape index (κ1) is 14.3. The summed E-state index contributed by atoms with van der Waals surface area (Å²) in [6.07, 6.45) is 3.38. The van der Waals surface area contributed by atoms with Gasteiger partial charge in [0.05, 0.1) is 0 Å². The molecule has 0 saturated heterocycles. The number of nitrogens with zero attached hydrogens (tertiary/aromatic N) is 1. The van der Waals surface area contributed by atoms with Gasteiger partial charge in [0.1, 0.15) is 12.2 Å². The van der Waals surface area contributed by atoms with Gasteiger partial charge in [-0.15, -0.1) is 0 Å². The Hall–Kier alpha value is -1.78. The van der Waals surface area contributed by atoms with E-state index in [9.17, 15) is 9.59 Å². The van der Waals surface area contributed by atoms with E-state index in [2.05, 4.69) is 5.32 Å². The van der Waals surface area contributed by atoms with Gasteiger partial charge in [0.2, 0.25) is 5.91 Å². The Morgan fingerprint density at radius 2 is 2.00 bits per heavy atom. The van der Waals surface area contributed by atoms with Crippen molar-refractivity contribution in [1.82, 2.24) is 9.88 Å². The molecule has 0 radical (unpaired) electrons. The van der Waals surface area contributed by atoms with Crippen molar-refractivity contribution in [2.75, 3.05) is 0 Å². The standard InChI is InChI=1S/C13H20N2O3/c1-4-10(5-2)14-11(16)8-15-7-6-9(3)12(15)13(17)18/h6-7,10H,4-5,8H2,1-3H3,(H,14,16)(H,17,18). The smallest absolute Gasteiger partial charge is 0.352 e. The third kappa shape index (κ3) is 3.35. The van der Waals surface area contributed by atoms with E-state index < -0.39 is 5.97 Å². The van der Waals surface area contributed by atoms with E-state index >= 15 is 0 Å². The lowest BCUT2D eigenvalue weighted by Crippen LogP contribution is -2.36. The van der Waals surface area contributed by atoms with Crippen molar-refractivity contribution in [3.05, 3.63) is 23.5 Å². The molecule has 100 valence electrons. The molecule has 0 aromatic carbocycles. The van der Waals surface area contributed by atoms with Crippen molar-refractivity contribution in [2.45, 2.75) is 46.2 Å². The molecular formula is C13H20N2O3. The van der Waals surface area contributed by atoms with Gasteiger partial charge in [0.15, 0.2) is 0 Å². The number of aromatic nitrogens is 1. The van der Waals surface area contributed by atoms with Crippen LogP contribution in [0, 0.1) is 6.92 Å². The van der Waals surface area contributed by atoms with Crippen LogP contribution in [0.5, 0.6) is 0 Å². The Labute approximate surface area is 107 Å². The summed E-state index contributed by atoms with van der Waals surface area (Å²) in [6.45, 7) is 5.79. The molecule has 0 aliphatic carbocycles. The minimum Gasteiger partial charge on any atom is -0.477 e. The Balaban J connectivity index is 2.73. The summed E-state index contributed by atoms with van der Waals surface area (Å²) < 4.78 is 1.47. The maximum absolute atomic E-state index is 11.8. The van der Waals surface area contributed by atoms with Crippen LogP contribution in [0.4, 0.5) is 0 Å². The quantitative estimate of drug-likeness (QED) is 0.811. The highest BCUT2D eigenvalue weighted by Crippen LogP contribution is 2.10. The second kappa shape index (κ2) is 6.23. The summed E-state index contributed by atoms with van der Waals surface area (Å²) in [6, 6.07) is 1.86. The van der Waals surface area contributed by atoms with Crippen LogP contribution in [0.15, 0.2) is 12.3 Å². The fraction of sp³-hybridized carbons (Fsp3) is 0.538. The molecule has 0 aliphatic rings. The van der Waals surface area contributed by atoms with Crippen molar-refractivity contribution in [2.24, 2.45) is 0 Å². The van der Waals surface area contributed by atoms with Gasteiger partial charge in [0, 0.05) is 12.2 Å². The van der Waals surface area contributed by atoms with Gasteiger partial charge in [-0.1, -0.05) is 13.8 Å².